The van der Waals surface area contributed by atoms with Gasteiger partial charge in [0.05, 0.1) is 12.4 Å². The maximum Gasteiger partial charge on any atom is 0.407 e. The highest BCUT2D eigenvalue weighted by molar-refractivity contribution is 5.81. The molecule has 1 fully saturated rings. The van der Waals surface area contributed by atoms with Gasteiger partial charge in [-0.1, -0.05) is 6.42 Å². The molecular formula is C9H17N3O2. The predicted molar refractivity (Wildman–Crippen MR) is 53.2 cm³/mol. The lowest BCUT2D eigenvalue weighted by Crippen LogP contribution is -2.42. The van der Waals surface area contributed by atoms with E-state index in [9.17, 15) is 4.79 Å². The first-order valence-electron chi connectivity index (χ1n) is 4.92. The second-order valence-electron chi connectivity index (χ2n) is 3.46. The van der Waals surface area contributed by atoms with Crippen LogP contribution in [0.2, 0.25) is 0 Å². The topological polar surface area (TPSA) is 88.2 Å². The van der Waals surface area contributed by atoms with Gasteiger partial charge in [0.25, 0.3) is 0 Å². The van der Waals surface area contributed by atoms with E-state index >= 15 is 0 Å². The van der Waals surface area contributed by atoms with Crippen molar-refractivity contribution in [3.63, 3.8) is 0 Å². The van der Waals surface area contributed by atoms with Crippen molar-refractivity contribution in [1.29, 1.82) is 5.41 Å². The molecule has 0 heterocycles. The summed E-state index contributed by atoms with van der Waals surface area (Å²) < 4.78 is 4.77. The molecule has 0 aliphatic heterocycles. The Balaban J connectivity index is 2.43. The number of nitrogens with one attached hydrogen (secondary N) is 2. The van der Waals surface area contributed by atoms with Crippen LogP contribution < -0.4 is 11.1 Å². The Labute approximate surface area is 83.5 Å². The minimum atomic E-state index is -0.411. The predicted octanol–water partition coefficient (Wildman–Crippen LogP) is 0.837. The van der Waals surface area contributed by atoms with E-state index in [4.69, 9.17) is 15.9 Å². The Kier molecular flexibility index (Phi) is 3.73. The molecule has 0 bridgehead atoms. The minimum Gasteiger partial charge on any atom is -0.450 e. The first kappa shape index (κ1) is 10.8. The van der Waals surface area contributed by atoms with Crippen LogP contribution in [-0.4, -0.2) is 24.6 Å². The Morgan fingerprint density at radius 3 is 2.93 bits per heavy atom. The van der Waals surface area contributed by atoms with Crippen LogP contribution in [0.4, 0.5) is 4.79 Å². The second-order valence-corrected chi connectivity index (χ2v) is 3.46. The fourth-order valence-electron chi connectivity index (χ4n) is 1.83. The highest BCUT2D eigenvalue weighted by Gasteiger charge is 2.30. The van der Waals surface area contributed by atoms with E-state index in [1.807, 2.05) is 0 Å². The number of hydrogen-bond donors (Lipinski definition) is 3. The molecule has 0 saturated heterocycles. The fraction of sp³-hybridized carbons (Fsp3) is 0.778. The molecule has 14 heavy (non-hydrogen) atoms. The van der Waals surface area contributed by atoms with Gasteiger partial charge >= 0.3 is 6.09 Å². The highest BCUT2D eigenvalue weighted by Crippen LogP contribution is 2.25. The molecule has 5 nitrogen and oxygen atoms in total. The molecule has 0 spiro atoms. The molecule has 0 aromatic carbocycles. The number of amidine groups is 1. The van der Waals surface area contributed by atoms with Gasteiger partial charge in [-0.2, -0.15) is 0 Å². The van der Waals surface area contributed by atoms with Crippen LogP contribution in [0.15, 0.2) is 0 Å². The van der Waals surface area contributed by atoms with Crippen LogP contribution in [-0.2, 0) is 4.74 Å². The number of rotatable bonds is 3. The van der Waals surface area contributed by atoms with E-state index in [1.165, 1.54) is 0 Å². The second kappa shape index (κ2) is 4.83. The van der Waals surface area contributed by atoms with Gasteiger partial charge in [0.15, 0.2) is 0 Å². The summed E-state index contributed by atoms with van der Waals surface area (Å²) in [4.78, 5) is 11.1. The number of nitrogens with two attached hydrogens (primary N) is 1. The Morgan fingerprint density at radius 2 is 2.36 bits per heavy atom. The van der Waals surface area contributed by atoms with Crippen molar-refractivity contribution in [2.45, 2.75) is 32.2 Å². The summed E-state index contributed by atoms with van der Waals surface area (Å²) in [6, 6.07) is -0.0217. The normalized spacial score (nSPS) is 25.8. The number of carbonyl (C=O) groups excluding carboxylic acids is 1. The van der Waals surface area contributed by atoms with E-state index in [1.54, 1.807) is 6.92 Å². The largest absolute Gasteiger partial charge is 0.450 e. The van der Waals surface area contributed by atoms with E-state index in [0.717, 1.165) is 19.3 Å². The van der Waals surface area contributed by atoms with Gasteiger partial charge in [0.1, 0.15) is 0 Å². The molecule has 1 aliphatic rings. The van der Waals surface area contributed by atoms with Crippen molar-refractivity contribution >= 4 is 11.9 Å². The third-order valence-electron chi connectivity index (χ3n) is 2.49. The monoisotopic (exact) mass is 199 g/mol. The summed E-state index contributed by atoms with van der Waals surface area (Å²) in [7, 11) is 0. The quantitative estimate of drug-likeness (QED) is 0.465. The van der Waals surface area contributed by atoms with Gasteiger partial charge in [0, 0.05) is 12.0 Å². The number of amides is 1. The standard InChI is InChI=1S/C9H17N3O2/c1-2-14-9(13)12-7-5-3-4-6(7)8(10)11/h6-7H,2-5H2,1H3,(H3,10,11)(H,12,13). The van der Waals surface area contributed by atoms with Gasteiger partial charge in [0.2, 0.25) is 0 Å². The van der Waals surface area contributed by atoms with E-state index in [2.05, 4.69) is 5.32 Å². The van der Waals surface area contributed by atoms with Crippen LogP contribution in [0.5, 0.6) is 0 Å². The lowest BCUT2D eigenvalue weighted by molar-refractivity contribution is 0.147. The van der Waals surface area contributed by atoms with Crippen molar-refractivity contribution in [3.8, 4) is 0 Å². The highest BCUT2D eigenvalue weighted by atomic mass is 16.5. The van der Waals surface area contributed by atoms with E-state index in [-0.39, 0.29) is 17.8 Å². The summed E-state index contributed by atoms with van der Waals surface area (Å²) >= 11 is 0. The van der Waals surface area contributed by atoms with Crippen LogP contribution in [0.1, 0.15) is 26.2 Å². The molecule has 1 amide bonds. The third-order valence-corrected chi connectivity index (χ3v) is 2.49. The van der Waals surface area contributed by atoms with Gasteiger partial charge in [-0.3, -0.25) is 5.41 Å². The number of carbonyl (C=O) groups is 1. The van der Waals surface area contributed by atoms with Crippen LogP contribution in [0, 0.1) is 11.3 Å². The molecule has 0 aromatic heterocycles. The van der Waals surface area contributed by atoms with Crippen LogP contribution in [0.3, 0.4) is 0 Å². The third kappa shape index (κ3) is 2.61. The molecule has 2 atom stereocenters. The Hall–Kier alpha value is -1.26. The van der Waals surface area contributed by atoms with Crippen LogP contribution >= 0.6 is 0 Å². The molecule has 80 valence electrons. The average molecular weight is 199 g/mol. The van der Waals surface area contributed by atoms with Crippen LogP contribution in [0.25, 0.3) is 0 Å². The number of ether oxygens (including phenoxy) is 1. The number of alkyl carbamates (subject to hydrolysis) is 1. The summed E-state index contributed by atoms with van der Waals surface area (Å²) in [6.07, 6.45) is 2.35. The van der Waals surface area contributed by atoms with E-state index in [0.29, 0.717) is 6.61 Å². The first-order chi connectivity index (χ1) is 6.65. The van der Waals surface area contributed by atoms with Gasteiger partial charge in [-0.05, 0) is 19.8 Å². The smallest absolute Gasteiger partial charge is 0.407 e. The molecule has 2 unspecified atom stereocenters. The maximum atomic E-state index is 11.1. The molecule has 5 heteroatoms. The fourth-order valence-corrected chi connectivity index (χ4v) is 1.83. The molecule has 0 radical (unpaired) electrons. The lowest BCUT2D eigenvalue weighted by Gasteiger charge is -2.19. The average Bonchev–Trinajstić information content (AvgIpc) is 2.52. The maximum absolute atomic E-state index is 11.1. The summed E-state index contributed by atoms with van der Waals surface area (Å²) in [6.45, 7) is 2.12. The SMILES string of the molecule is CCOC(=O)NC1CCCC1C(=N)N. The summed E-state index contributed by atoms with van der Waals surface area (Å²) in [5.41, 5.74) is 5.43. The van der Waals surface area contributed by atoms with Crippen molar-refractivity contribution in [3.05, 3.63) is 0 Å². The van der Waals surface area contributed by atoms with Crippen molar-refractivity contribution in [2.24, 2.45) is 11.7 Å². The zero-order valence-electron chi connectivity index (χ0n) is 8.38. The molecule has 4 N–H and O–H groups in total. The Morgan fingerprint density at radius 1 is 1.64 bits per heavy atom. The molecular weight excluding hydrogens is 182 g/mol. The van der Waals surface area contributed by atoms with Gasteiger partial charge in [-0.25, -0.2) is 4.79 Å². The first-order valence-corrected chi connectivity index (χ1v) is 4.92. The molecule has 1 aliphatic carbocycles. The van der Waals surface area contributed by atoms with Crippen molar-refractivity contribution in [2.75, 3.05) is 6.61 Å². The molecule has 1 saturated carbocycles. The van der Waals surface area contributed by atoms with Gasteiger partial charge in [-0.15, -0.1) is 0 Å². The summed E-state index contributed by atoms with van der Waals surface area (Å²) in [5.74, 6) is 0.142. The van der Waals surface area contributed by atoms with Crippen molar-refractivity contribution < 1.29 is 9.53 Å². The lowest BCUT2D eigenvalue weighted by atomic mass is 10.0. The molecule has 0 aromatic rings. The zero-order chi connectivity index (χ0) is 10.6. The van der Waals surface area contributed by atoms with Crippen molar-refractivity contribution in [1.82, 2.24) is 5.32 Å². The van der Waals surface area contributed by atoms with Gasteiger partial charge < -0.3 is 15.8 Å². The summed E-state index contributed by atoms with van der Waals surface area (Å²) in [5, 5.41) is 10.1. The molecule has 1 rings (SSSR count). The minimum absolute atomic E-state index is 0.0144. The van der Waals surface area contributed by atoms with E-state index < -0.39 is 6.09 Å². The zero-order valence-corrected chi connectivity index (χ0v) is 8.38. The number of hydrogen-bond acceptors (Lipinski definition) is 3. The Bertz CT molecular complexity index is 230.